The average molecular weight is 443 g/mol. The molecule has 1 aromatic carbocycles. The number of carbonyl (C=O) groups excluding carboxylic acids is 1. The molecule has 0 aliphatic heterocycles. The van der Waals surface area contributed by atoms with Gasteiger partial charge < -0.3 is 5.32 Å². The van der Waals surface area contributed by atoms with E-state index in [-0.39, 0.29) is 5.91 Å². The van der Waals surface area contributed by atoms with E-state index >= 15 is 0 Å². The van der Waals surface area contributed by atoms with Gasteiger partial charge in [0.15, 0.2) is 0 Å². The number of aromatic nitrogens is 3. The molecule has 0 saturated heterocycles. The van der Waals surface area contributed by atoms with Crippen LogP contribution in [0.1, 0.15) is 62.0 Å². The molecule has 0 saturated carbocycles. The Morgan fingerprint density at radius 1 is 1.20 bits per heavy atom. The monoisotopic (exact) mass is 442 g/mol. The first-order valence-corrected chi connectivity index (χ1v) is 11.7. The third kappa shape index (κ3) is 4.76. The molecule has 0 bridgehead atoms. The molecule has 158 valence electrons. The topological polar surface area (TPSA) is 59.8 Å². The quantitative estimate of drug-likeness (QED) is 0.529. The van der Waals surface area contributed by atoms with Crippen LogP contribution in [0.25, 0.3) is 0 Å². The highest BCUT2D eigenvalue weighted by atomic mass is 35.5. The van der Waals surface area contributed by atoms with Gasteiger partial charge in [-0.2, -0.15) is 5.10 Å². The lowest BCUT2D eigenvalue weighted by molar-refractivity contribution is 0.0952. The van der Waals surface area contributed by atoms with E-state index < -0.39 is 0 Å². The van der Waals surface area contributed by atoms with Crippen molar-refractivity contribution < 1.29 is 4.79 Å². The van der Waals surface area contributed by atoms with E-state index in [1.807, 2.05) is 18.3 Å². The Kier molecular flexibility index (Phi) is 6.54. The van der Waals surface area contributed by atoms with E-state index in [1.165, 1.54) is 40.4 Å². The third-order valence-electron chi connectivity index (χ3n) is 5.49. The molecule has 7 heteroatoms. The van der Waals surface area contributed by atoms with Crippen LogP contribution in [-0.4, -0.2) is 27.2 Å². The largest absolute Gasteiger partial charge is 0.352 e. The van der Waals surface area contributed by atoms with Crippen molar-refractivity contribution >= 4 is 28.8 Å². The summed E-state index contributed by atoms with van der Waals surface area (Å²) in [5.74, 6) is -0.161. The van der Waals surface area contributed by atoms with Gasteiger partial charge in [0.1, 0.15) is 5.15 Å². The zero-order valence-electron chi connectivity index (χ0n) is 17.5. The van der Waals surface area contributed by atoms with Crippen molar-refractivity contribution in [3.63, 3.8) is 0 Å². The summed E-state index contributed by atoms with van der Waals surface area (Å²) >= 11 is 8.35. The summed E-state index contributed by atoms with van der Waals surface area (Å²) < 4.78 is 1.69. The Labute approximate surface area is 186 Å². The smallest absolute Gasteiger partial charge is 0.256 e. The van der Waals surface area contributed by atoms with Gasteiger partial charge in [0, 0.05) is 17.8 Å². The molecule has 4 rings (SSSR count). The fourth-order valence-electron chi connectivity index (χ4n) is 3.82. The minimum atomic E-state index is -0.161. The van der Waals surface area contributed by atoms with E-state index in [9.17, 15) is 4.79 Å². The van der Waals surface area contributed by atoms with E-state index in [0.717, 1.165) is 24.8 Å². The van der Waals surface area contributed by atoms with Crippen molar-refractivity contribution in [3.8, 4) is 0 Å². The highest BCUT2D eigenvalue weighted by Crippen LogP contribution is 2.27. The van der Waals surface area contributed by atoms with Crippen molar-refractivity contribution in [1.82, 2.24) is 20.1 Å². The van der Waals surface area contributed by atoms with Crippen LogP contribution >= 0.6 is 22.9 Å². The predicted octanol–water partition coefficient (Wildman–Crippen LogP) is 4.90. The number of carbonyl (C=O) groups is 1. The van der Waals surface area contributed by atoms with E-state index in [0.29, 0.717) is 29.5 Å². The van der Waals surface area contributed by atoms with Gasteiger partial charge >= 0.3 is 0 Å². The number of benzene rings is 1. The maximum atomic E-state index is 12.7. The molecule has 30 heavy (non-hydrogen) atoms. The molecule has 0 spiro atoms. The molecule has 1 aliphatic rings. The number of rotatable bonds is 7. The van der Waals surface area contributed by atoms with Crippen LogP contribution in [0, 0.1) is 13.8 Å². The summed E-state index contributed by atoms with van der Waals surface area (Å²) in [4.78, 5) is 18.9. The molecule has 1 aliphatic carbocycles. The summed E-state index contributed by atoms with van der Waals surface area (Å²) in [5.41, 5.74) is 4.72. The van der Waals surface area contributed by atoms with Crippen LogP contribution in [0.15, 0.2) is 24.3 Å². The minimum absolute atomic E-state index is 0.161. The number of hydrogen-bond donors (Lipinski definition) is 1. The molecule has 3 aromatic rings. The van der Waals surface area contributed by atoms with E-state index in [4.69, 9.17) is 16.6 Å². The van der Waals surface area contributed by atoms with E-state index in [2.05, 4.69) is 41.6 Å². The molecule has 2 aromatic heterocycles. The second-order valence-electron chi connectivity index (χ2n) is 7.94. The summed E-state index contributed by atoms with van der Waals surface area (Å²) in [7, 11) is 0. The first-order valence-electron chi connectivity index (χ1n) is 10.6. The minimum Gasteiger partial charge on any atom is -0.352 e. The van der Waals surface area contributed by atoms with Gasteiger partial charge in [-0.1, -0.05) is 41.4 Å². The number of nitrogens with one attached hydrogen (secondary N) is 1. The molecular formula is C23H27ClN4OS. The average Bonchev–Trinajstić information content (AvgIpc) is 3.27. The number of halogens is 1. The lowest BCUT2D eigenvalue weighted by atomic mass is 10.0. The lowest BCUT2D eigenvalue weighted by Gasteiger charge is -2.06. The molecule has 0 fully saturated rings. The maximum absolute atomic E-state index is 12.7. The standard InChI is InChI=1S/C23H27ClN4OS/c1-15-9-11-17(12-10-15)14-28-22(24)21(16(2)27-28)23(29)25-13-5-8-20-26-18-6-3-4-7-19(18)30-20/h9-12H,3-8,13-14H2,1-2H3,(H,25,29). The molecule has 0 radical (unpaired) electrons. The SMILES string of the molecule is Cc1ccc(Cn2nc(C)c(C(=O)NCCCc3nc4c(s3)CCCC4)c2Cl)cc1. The van der Waals surface area contributed by atoms with Crippen LogP contribution in [0.3, 0.4) is 0 Å². The molecular weight excluding hydrogens is 416 g/mol. The number of hydrogen-bond acceptors (Lipinski definition) is 4. The van der Waals surface area contributed by atoms with Crippen molar-refractivity contribution in [3.05, 3.63) is 67.4 Å². The first kappa shape index (κ1) is 21.1. The summed E-state index contributed by atoms with van der Waals surface area (Å²) in [6.45, 7) is 5.02. The predicted molar refractivity (Wildman–Crippen MR) is 122 cm³/mol. The number of aryl methyl sites for hydroxylation is 5. The van der Waals surface area contributed by atoms with Gasteiger partial charge in [-0.25, -0.2) is 9.67 Å². The fourth-order valence-corrected chi connectivity index (χ4v) is 5.34. The Bertz CT molecular complexity index is 1010. The van der Waals surface area contributed by atoms with Gasteiger partial charge in [-0.3, -0.25) is 4.79 Å². The van der Waals surface area contributed by atoms with Gasteiger partial charge in [0.25, 0.3) is 5.91 Å². The fraction of sp³-hybridized carbons (Fsp3) is 0.435. The summed E-state index contributed by atoms with van der Waals surface area (Å²) in [6.07, 6.45) is 6.59. The molecule has 2 heterocycles. The second kappa shape index (κ2) is 9.31. The highest BCUT2D eigenvalue weighted by Gasteiger charge is 2.20. The Morgan fingerprint density at radius 3 is 2.73 bits per heavy atom. The highest BCUT2D eigenvalue weighted by molar-refractivity contribution is 7.11. The Morgan fingerprint density at radius 2 is 1.97 bits per heavy atom. The lowest BCUT2D eigenvalue weighted by Crippen LogP contribution is -2.25. The molecule has 0 atom stereocenters. The van der Waals surface area contributed by atoms with Gasteiger partial charge in [0.05, 0.1) is 28.5 Å². The number of fused-ring (bicyclic) bond motifs is 1. The molecule has 5 nitrogen and oxygen atoms in total. The summed E-state index contributed by atoms with van der Waals surface area (Å²) in [5, 5.41) is 9.05. The maximum Gasteiger partial charge on any atom is 0.256 e. The van der Waals surface area contributed by atoms with Crippen LogP contribution < -0.4 is 5.32 Å². The molecule has 1 amide bonds. The van der Waals surface area contributed by atoms with Gasteiger partial charge in [-0.05, 0) is 51.5 Å². The van der Waals surface area contributed by atoms with Crippen molar-refractivity contribution in [2.24, 2.45) is 0 Å². The zero-order valence-corrected chi connectivity index (χ0v) is 19.1. The Balaban J connectivity index is 1.32. The second-order valence-corrected chi connectivity index (χ2v) is 9.46. The van der Waals surface area contributed by atoms with Crippen molar-refractivity contribution in [2.75, 3.05) is 6.54 Å². The number of thiazole rings is 1. The van der Waals surface area contributed by atoms with Crippen LogP contribution in [0.2, 0.25) is 5.15 Å². The van der Waals surface area contributed by atoms with Crippen molar-refractivity contribution in [1.29, 1.82) is 0 Å². The number of amides is 1. The Hall–Kier alpha value is -2.18. The molecule has 1 N–H and O–H groups in total. The van der Waals surface area contributed by atoms with Crippen LogP contribution in [0.5, 0.6) is 0 Å². The first-order chi connectivity index (χ1) is 14.5. The number of nitrogens with zero attached hydrogens (tertiary/aromatic N) is 3. The molecule has 0 unspecified atom stereocenters. The van der Waals surface area contributed by atoms with E-state index in [1.54, 1.807) is 4.68 Å². The third-order valence-corrected chi connectivity index (χ3v) is 7.09. The van der Waals surface area contributed by atoms with Crippen LogP contribution in [-0.2, 0) is 25.8 Å². The van der Waals surface area contributed by atoms with Crippen molar-refractivity contribution in [2.45, 2.75) is 58.9 Å². The zero-order chi connectivity index (χ0) is 21.1. The summed E-state index contributed by atoms with van der Waals surface area (Å²) in [6, 6.07) is 8.23. The normalized spacial score (nSPS) is 13.3. The van der Waals surface area contributed by atoms with Crippen LogP contribution in [0.4, 0.5) is 0 Å². The van der Waals surface area contributed by atoms with Gasteiger partial charge in [0.2, 0.25) is 0 Å². The van der Waals surface area contributed by atoms with Gasteiger partial charge in [-0.15, -0.1) is 11.3 Å².